The fraction of sp³-hybridized carbons (Fsp3) is 0.200. The Labute approximate surface area is 176 Å². The van der Waals surface area contributed by atoms with Crippen LogP contribution in [0.3, 0.4) is 0 Å². The van der Waals surface area contributed by atoms with Crippen LogP contribution in [0.1, 0.15) is 28.7 Å². The van der Waals surface area contributed by atoms with E-state index in [9.17, 15) is 14.7 Å². The molecule has 3 aromatic rings. The Morgan fingerprint density at radius 3 is 2.45 bits per heavy atom. The number of carboxylic acid groups (broad SMARTS) is 1. The molecule has 0 aliphatic carbocycles. The van der Waals surface area contributed by atoms with Crippen LogP contribution in [0.4, 0.5) is 0 Å². The summed E-state index contributed by atoms with van der Waals surface area (Å²) < 4.78 is 6.77. The summed E-state index contributed by atoms with van der Waals surface area (Å²) in [5, 5.41) is 18.3. The van der Waals surface area contributed by atoms with Gasteiger partial charge in [-0.05, 0) is 25.1 Å². The molecule has 0 atom stereocenters. The first-order chi connectivity index (χ1) is 13.8. The molecule has 1 aromatic carbocycles. The Morgan fingerprint density at radius 1 is 1.14 bits per heavy atom. The first kappa shape index (κ1) is 20.8. The third-order valence-electron chi connectivity index (χ3n) is 4.39. The Kier molecular flexibility index (Phi) is 6.20. The average molecular weight is 434 g/mol. The predicted molar refractivity (Wildman–Crippen MR) is 110 cm³/mol. The number of hydrogen-bond donors (Lipinski definition) is 1. The molecule has 2 heterocycles. The van der Waals surface area contributed by atoms with Crippen molar-refractivity contribution in [3.8, 4) is 17.1 Å². The second-order valence-electron chi connectivity index (χ2n) is 6.15. The number of rotatable bonds is 6. The van der Waals surface area contributed by atoms with E-state index in [1.807, 2.05) is 6.92 Å². The highest BCUT2D eigenvalue weighted by Crippen LogP contribution is 2.31. The van der Waals surface area contributed by atoms with E-state index in [1.165, 1.54) is 13.2 Å². The van der Waals surface area contributed by atoms with Crippen LogP contribution in [-0.4, -0.2) is 33.0 Å². The zero-order valence-corrected chi connectivity index (χ0v) is 17.2. The van der Waals surface area contributed by atoms with Crippen molar-refractivity contribution in [2.24, 2.45) is 0 Å². The van der Waals surface area contributed by atoms with Gasteiger partial charge in [0.05, 0.1) is 28.5 Å². The second-order valence-corrected chi connectivity index (χ2v) is 6.96. The first-order valence-electron chi connectivity index (χ1n) is 8.67. The van der Waals surface area contributed by atoms with Gasteiger partial charge in [0.15, 0.2) is 5.43 Å². The normalized spacial score (nSPS) is 10.8. The molecule has 7 nitrogen and oxygen atoms in total. The number of carboxylic acids is 1. The maximum atomic E-state index is 12.7. The molecular weight excluding hydrogens is 417 g/mol. The number of nitrogens with zero attached hydrogens (tertiary/aromatic N) is 3. The molecule has 0 saturated carbocycles. The average Bonchev–Trinajstić information content (AvgIpc) is 2.70. The smallest absolute Gasteiger partial charge is 0.341 e. The highest BCUT2D eigenvalue weighted by Gasteiger charge is 2.22. The Hall–Kier alpha value is -2.90. The summed E-state index contributed by atoms with van der Waals surface area (Å²) in [5.74, 6) is -0.937. The lowest BCUT2D eigenvalue weighted by Crippen LogP contribution is -2.23. The molecule has 0 amide bonds. The SMILES string of the molecule is CCn1c(Cc2ccc(OC)nn2)cc(=O)c(C(=O)O)c1-c1ccc(Cl)c(Cl)c1. The van der Waals surface area contributed by atoms with Crippen molar-refractivity contribution < 1.29 is 14.6 Å². The minimum absolute atomic E-state index is 0.266. The molecular formula is C20H17Cl2N3O4. The summed E-state index contributed by atoms with van der Waals surface area (Å²) in [6.07, 6.45) is 0.286. The number of hydrogen-bond acceptors (Lipinski definition) is 5. The second kappa shape index (κ2) is 8.63. The summed E-state index contributed by atoms with van der Waals surface area (Å²) >= 11 is 12.1. The van der Waals surface area contributed by atoms with Gasteiger partial charge < -0.3 is 14.4 Å². The number of methoxy groups -OCH3 is 1. The van der Waals surface area contributed by atoms with Gasteiger partial charge in [0, 0.05) is 36.4 Å². The fourth-order valence-electron chi connectivity index (χ4n) is 3.09. The summed E-state index contributed by atoms with van der Waals surface area (Å²) in [4.78, 5) is 24.5. The molecule has 0 unspecified atom stereocenters. The number of aromatic nitrogens is 3. The zero-order valence-electron chi connectivity index (χ0n) is 15.6. The molecule has 2 aromatic heterocycles. The summed E-state index contributed by atoms with van der Waals surface area (Å²) in [6, 6.07) is 9.48. The maximum absolute atomic E-state index is 12.7. The van der Waals surface area contributed by atoms with E-state index in [4.69, 9.17) is 27.9 Å². The number of carbonyl (C=O) groups is 1. The van der Waals surface area contributed by atoms with Crippen molar-refractivity contribution in [1.82, 2.24) is 14.8 Å². The van der Waals surface area contributed by atoms with Crippen LogP contribution < -0.4 is 10.2 Å². The van der Waals surface area contributed by atoms with Crippen LogP contribution >= 0.6 is 23.2 Å². The number of aromatic carboxylic acids is 1. The van der Waals surface area contributed by atoms with Gasteiger partial charge >= 0.3 is 5.97 Å². The van der Waals surface area contributed by atoms with E-state index in [1.54, 1.807) is 34.9 Å². The van der Waals surface area contributed by atoms with Crippen LogP contribution in [0.2, 0.25) is 10.0 Å². The molecule has 0 fully saturated rings. The number of halogens is 2. The Morgan fingerprint density at radius 2 is 1.90 bits per heavy atom. The molecule has 0 aliphatic rings. The van der Waals surface area contributed by atoms with Crippen LogP contribution in [-0.2, 0) is 13.0 Å². The molecule has 9 heteroatoms. The van der Waals surface area contributed by atoms with Gasteiger partial charge in [-0.15, -0.1) is 5.10 Å². The number of benzene rings is 1. The van der Waals surface area contributed by atoms with Gasteiger partial charge in [0.1, 0.15) is 5.56 Å². The predicted octanol–water partition coefficient (Wildman–Crippen LogP) is 3.93. The third kappa shape index (κ3) is 4.26. The fourth-order valence-corrected chi connectivity index (χ4v) is 3.39. The molecule has 0 saturated heterocycles. The lowest BCUT2D eigenvalue weighted by Gasteiger charge is -2.20. The lowest BCUT2D eigenvalue weighted by molar-refractivity contribution is 0.0695. The molecule has 3 rings (SSSR count). The standard InChI is InChI=1S/C20H17Cl2N3O4/c1-3-25-13(9-12-5-7-17(29-2)24-23-12)10-16(26)18(20(27)28)19(25)11-4-6-14(21)15(22)8-11/h4-8,10H,3,9H2,1-2H3,(H,27,28). The van der Waals surface area contributed by atoms with E-state index in [-0.39, 0.29) is 22.7 Å². The van der Waals surface area contributed by atoms with Gasteiger partial charge in [-0.3, -0.25) is 4.79 Å². The molecule has 0 radical (unpaired) electrons. The van der Waals surface area contributed by atoms with Crippen molar-refractivity contribution in [1.29, 1.82) is 0 Å². The molecule has 150 valence electrons. The van der Waals surface area contributed by atoms with Crippen molar-refractivity contribution in [2.45, 2.75) is 19.9 Å². The zero-order chi connectivity index (χ0) is 21.1. The Balaban J connectivity index is 2.22. The van der Waals surface area contributed by atoms with Crippen molar-refractivity contribution in [3.05, 3.63) is 73.6 Å². The highest BCUT2D eigenvalue weighted by atomic mass is 35.5. The monoisotopic (exact) mass is 433 g/mol. The third-order valence-corrected chi connectivity index (χ3v) is 5.13. The molecule has 29 heavy (non-hydrogen) atoms. The molecule has 0 spiro atoms. The highest BCUT2D eigenvalue weighted by molar-refractivity contribution is 6.42. The van der Waals surface area contributed by atoms with Crippen molar-refractivity contribution in [3.63, 3.8) is 0 Å². The largest absolute Gasteiger partial charge is 0.480 e. The van der Waals surface area contributed by atoms with Gasteiger partial charge in [-0.25, -0.2) is 4.79 Å². The molecule has 0 aliphatic heterocycles. The van der Waals surface area contributed by atoms with E-state index in [0.717, 1.165) is 0 Å². The van der Waals surface area contributed by atoms with Gasteiger partial charge in [-0.2, -0.15) is 5.10 Å². The quantitative estimate of drug-likeness (QED) is 0.632. The number of ether oxygens (including phenoxy) is 1. The topological polar surface area (TPSA) is 94.3 Å². The lowest BCUT2D eigenvalue weighted by atomic mass is 10.0. The minimum atomic E-state index is -1.31. The number of pyridine rings is 1. The van der Waals surface area contributed by atoms with Gasteiger partial charge in [0.25, 0.3) is 0 Å². The first-order valence-corrected chi connectivity index (χ1v) is 9.43. The van der Waals surface area contributed by atoms with Gasteiger partial charge in [-0.1, -0.05) is 29.3 Å². The van der Waals surface area contributed by atoms with E-state index in [2.05, 4.69) is 10.2 Å². The van der Waals surface area contributed by atoms with E-state index < -0.39 is 11.4 Å². The van der Waals surface area contributed by atoms with Crippen LogP contribution in [0.5, 0.6) is 5.88 Å². The Bertz CT molecular complexity index is 1130. The van der Waals surface area contributed by atoms with Crippen LogP contribution in [0.15, 0.2) is 41.2 Å². The molecule has 0 bridgehead atoms. The maximum Gasteiger partial charge on any atom is 0.341 e. The minimum Gasteiger partial charge on any atom is -0.480 e. The van der Waals surface area contributed by atoms with Crippen LogP contribution in [0, 0.1) is 0 Å². The molecule has 1 N–H and O–H groups in total. The summed E-state index contributed by atoms with van der Waals surface area (Å²) in [5.41, 5.74) is 1.04. The summed E-state index contributed by atoms with van der Waals surface area (Å²) in [6.45, 7) is 2.29. The summed E-state index contributed by atoms with van der Waals surface area (Å²) in [7, 11) is 1.49. The van der Waals surface area contributed by atoms with Crippen LogP contribution in [0.25, 0.3) is 11.3 Å². The van der Waals surface area contributed by atoms with Gasteiger partial charge in [0.2, 0.25) is 5.88 Å². The van der Waals surface area contributed by atoms with Crippen molar-refractivity contribution in [2.75, 3.05) is 7.11 Å². The van der Waals surface area contributed by atoms with E-state index in [0.29, 0.717) is 34.4 Å². The van der Waals surface area contributed by atoms with E-state index >= 15 is 0 Å². The van der Waals surface area contributed by atoms with Crippen molar-refractivity contribution >= 4 is 29.2 Å².